The van der Waals surface area contributed by atoms with E-state index < -0.39 is 0 Å². The topological polar surface area (TPSA) is 9.72 Å². The standard InChI is InChI=1S/C72H76BN3S/c1-67(2,3)46-26-31-50(32-27-46)74(51-33-28-47(29-34-51)68(4,5)6)52-43-60-63-61(44-52)76-64-56(71(13)38-20-21-39-72(71,76)14)41-49(70(10,11)12)42-58(64)73(63)57-36-35-54-53-24-18-19-25-62(53)77-66(54)65(57)75(60)59-37-30-48(69(7,8)9)40-55(59)45-22-16-15-17-23-45/h15-19,22-37,40-44H,20-21,38-39H2,1-14H3. The van der Waals surface area contributed by atoms with Gasteiger partial charge in [-0.3, -0.25) is 0 Å². The molecule has 0 amide bonds. The van der Waals surface area contributed by atoms with Crippen LogP contribution in [0, 0.1) is 0 Å². The van der Waals surface area contributed by atoms with Crippen LogP contribution in [0.25, 0.3) is 31.3 Å². The maximum atomic E-state index is 2.92. The van der Waals surface area contributed by atoms with Crippen LogP contribution < -0.4 is 31.1 Å². The van der Waals surface area contributed by atoms with E-state index in [0.717, 1.165) is 17.8 Å². The molecule has 4 aliphatic rings. The van der Waals surface area contributed by atoms with Gasteiger partial charge in [-0.15, -0.1) is 11.3 Å². The maximum Gasteiger partial charge on any atom is 0.252 e. The molecule has 2 unspecified atom stereocenters. The van der Waals surface area contributed by atoms with E-state index in [-0.39, 0.29) is 39.3 Å². The molecule has 77 heavy (non-hydrogen) atoms. The van der Waals surface area contributed by atoms with Crippen LogP contribution in [0.2, 0.25) is 0 Å². The minimum absolute atomic E-state index is 0.00539. The van der Waals surface area contributed by atoms with Crippen LogP contribution in [0.3, 0.4) is 0 Å². The van der Waals surface area contributed by atoms with Crippen molar-refractivity contribution in [1.82, 2.24) is 0 Å². The number of hydrogen-bond acceptors (Lipinski definition) is 4. The number of fused-ring (bicyclic) bond motifs is 11. The normalized spacial score (nSPS) is 18.9. The first-order valence-electron chi connectivity index (χ1n) is 28.6. The second kappa shape index (κ2) is 17.0. The molecule has 13 rings (SSSR count). The van der Waals surface area contributed by atoms with Gasteiger partial charge >= 0.3 is 0 Å². The van der Waals surface area contributed by atoms with E-state index in [1.165, 1.54) is 123 Å². The number of hydrogen-bond donors (Lipinski definition) is 0. The lowest BCUT2D eigenvalue weighted by Gasteiger charge is -2.53. The molecule has 9 aromatic rings. The lowest BCUT2D eigenvalue weighted by molar-refractivity contribution is 0.195. The molecular formula is C72H76BN3S. The summed E-state index contributed by atoms with van der Waals surface area (Å²) in [4.78, 5) is 8.24. The van der Waals surface area contributed by atoms with Crippen molar-refractivity contribution in [2.24, 2.45) is 0 Å². The Morgan fingerprint density at radius 2 is 1.06 bits per heavy atom. The zero-order chi connectivity index (χ0) is 53.9. The van der Waals surface area contributed by atoms with Gasteiger partial charge < -0.3 is 14.7 Å². The highest BCUT2D eigenvalue weighted by Crippen LogP contribution is 2.63. The molecule has 8 aromatic carbocycles. The molecule has 388 valence electrons. The minimum Gasteiger partial charge on any atom is -0.335 e. The smallest absolute Gasteiger partial charge is 0.252 e. The molecule has 0 radical (unpaired) electrons. The summed E-state index contributed by atoms with van der Waals surface area (Å²) in [6.07, 6.45) is 4.76. The first kappa shape index (κ1) is 50.0. The molecule has 3 nitrogen and oxygen atoms in total. The Morgan fingerprint density at radius 1 is 0.481 bits per heavy atom. The zero-order valence-electron chi connectivity index (χ0n) is 48.2. The van der Waals surface area contributed by atoms with Gasteiger partial charge in [0.25, 0.3) is 6.71 Å². The fraction of sp³-hybridized carbons (Fsp3) is 0.333. The molecule has 0 saturated heterocycles. The fourth-order valence-corrected chi connectivity index (χ4v) is 15.4. The van der Waals surface area contributed by atoms with Gasteiger partial charge in [0.1, 0.15) is 0 Å². The molecule has 0 spiro atoms. The van der Waals surface area contributed by atoms with Crippen molar-refractivity contribution < 1.29 is 0 Å². The Morgan fingerprint density at radius 3 is 1.70 bits per heavy atom. The Labute approximate surface area is 464 Å². The van der Waals surface area contributed by atoms with Crippen molar-refractivity contribution >= 4 is 100 Å². The number of anilines is 8. The number of rotatable bonds is 5. The lowest BCUT2D eigenvalue weighted by Crippen LogP contribution is -2.64. The third kappa shape index (κ3) is 7.56. The van der Waals surface area contributed by atoms with E-state index in [9.17, 15) is 0 Å². The minimum atomic E-state index is -0.159. The molecular weight excluding hydrogens is 950 g/mol. The van der Waals surface area contributed by atoms with Crippen LogP contribution in [0.1, 0.15) is 150 Å². The quantitative estimate of drug-likeness (QED) is 0.159. The first-order chi connectivity index (χ1) is 36.5. The van der Waals surface area contributed by atoms with E-state index in [0.29, 0.717) is 0 Å². The molecule has 3 aliphatic heterocycles. The largest absolute Gasteiger partial charge is 0.335 e. The van der Waals surface area contributed by atoms with Gasteiger partial charge in [0.05, 0.1) is 27.3 Å². The Balaban J connectivity index is 1.21. The van der Waals surface area contributed by atoms with E-state index in [1.807, 2.05) is 11.3 Å². The monoisotopic (exact) mass is 1030 g/mol. The number of nitrogens with zero attached hydrogens (tertiary/aromatic N) is 3. The summed E-state index contributed by atoms with van der Waals surface area (Å²) in [6.45, 7) is 33.5. The molecule has 5 heteroatoms. The van der Waals surface area contributed by atoms with Crippen molar-refractivity contribution in [1.29, 1.82) is 0 Å². The van der Waals surface area contributed by atoms with E-state index in [4.69, 9.17) is 0 Å². The van der Waals surface area contributed by atoms with Gasteiger partial charge in [0.2, 0.25) is 0 Å². The van der Waals surface area contributed by atoms with E-state index >= 15 is 0 Å². The molecule has 1 fully saturated rings. The summed E-state index contributed by atoms with van der Waals surface area (Å²) in [5.74, 6) is 0. The van der Waals surface area contributed by atoms with Gasteiger partial charge in [-0.05, 0) is 146 Å². The van der Waals surface area contributed by atoms with Crippen molar-refractivity contribution in [3.05, 3.63) is 186 Å². The van der Waals surface area contributed by atoms with Gasteiger partial charge in [-0.1, -0.05) is 206 Å². The summed E-state index contributed by atoms with van der Waals surface area (Å²) in [7, 11) is 0. The fourth-order valence-electron chi connectivity index (χ4n) is 14.1. The molecule has 0 bridgehead atoms. The summed E-state index contributed by atoms with van der Waals surface area (Å²) in [5, 5.41) is 2.64. The first-order valence-corrected chi connectivity index (χ1v) is 29.4. The van der Waals surface area contributed by atoms with Gasteiger partial charge in [-0.25, -0.2) is 0 Å². The second-order valence-electron chi connectivity index (χ2n) is 27.8. The highest BCUT2D eigenvalue weighted by molar-refractivity contribution is 7.26. The molecule has 2 atom stereocenters. The van der Waals surface area contributed by atoms with Crippen LogP contribution in [0.5, 0.6) is 0 Å². The maximum absolute atomic E-state index is 2.92. The van der Waals surface area contributed by atoms with E-state index in [2.05, 4.69) is 269 Å². The number of benzene rings is 8. The van der Waals surface area contributed by atoms with E-state index in [1.54, 1.807) is 5.56 Å². The van der Waals surface area contributed by atoms with Crippen molar-refractivity contribution in [3.63, 3.8) is 0 Å². The zero-order valence-corrected chi connectivity index (χ0v) is 49.0. The van der Waals surface area contributed by atoms with Crippen LogP contribution in [0.4, 0.5) is 45.5 Å². The highest BCUT2D eigenvalue weighted by atomic mass is 32.1. The van der Waals surface area contributed by atoms with Crippen molar-refractivity contribution in [2.45, 2.75) is 155 Å². The third-order valence-electron chi connectivity index (χ3n) is 18.8. The summed E-state index contributed by atoms with van der Waals surface area (Å²) >= 11 is 1.96. The average molecular weight is 1030 g/mol. The van der Waals surface area contributed by atoms with Crippen molar-refractivity contribution in [3.8, 4) is 11.1 Å². The van der Waals surface area contributed by atoms with Gasteiger partial charge in [0.15, 0.2) is 0 Å². The van der Waals surface area contributed by atoms with Crippen LogP contribution in [-0.2, 0) is 27.1 Å². The Bertz CT molecular complexity index is 3780. The molecule has 1 saturated carbocycles. The SMILES string of the molecule is CC(C)(C)c1ccc(N(c2ccc(C(C)(C)C)cc2)c2cc3c4c(c2)N2c5c(cc(C(C)(C)C)cc5C5(C)CCCCC25C)B4c2ccc4c(sc5ccccc54)c2N3c2ccc(C(C)(C)C)cc2-c2ccccc2)cc1. The predicted octanol–water partition coefficient (Wildman–Crippen LogP) is 18.7. The molecule has 4 heterocycles. The summed E-state index contributed by atoms with van der Waals surface area (Å²) in [5.41, 5.74) is 23.4. The third-order valence-corrected chi connectivity index (χ3v) is 20.0. The van der Waals surface area contributed by atoms with Crippen LogP contribution in [0.15, 0.2) is 158 Å². The van der Waals surface area contributed by atoms with Crippen LogP contribution in [-0.4, -0.2) is 12.3 Å². The van der Waals surface area contributed by atoms with Gasteiger partial charge in [0, 0.05) is 54.9 Å². The molecule has 1 aliphatic carbocycles. The van der Waals surface area contributed by atoms with Gasteiger partial charge in [-0.2, -0.15) is 0 Å². The number of thiophene rings is 1. The Kier molecular flexibility index (Phi) is 11.0. The predicted molar refractivity (Wildman–Crippen MR) is 336 cm³/mol. The summed E-state index contributed by atoms with van der Waals surface area (Å²) in [6, 6.07) is 62.1. The Hall–Kier alpha value is -6.56. The summed E-state index contributed by atoms with van der Waals surface area (Å²) < 4.78 is 2.66. The average Bonchev–Trinajstić information content (AvgIpc) is 3.07. The molecule has 0 N–H and O–H groups in total. The van der Waals surface area contributed by atoms with Crippen molar-refractivity contribution in [2.75, 3.05) is 14.7 Å². The molecule has 1 aromatic heterocycles. The lowest BCUT2D eigenvalue weighted by atomic mass is 9.33. The highest BCUT2D eigenvalue weighted by Gasteiger charge is 2.62. The van der Waals surface area contributed by atoms with Crippen LogP contribution >= 0.6 is 11.3 Å². The second-order valence-corrected chi connectivity index (χ2v) is 28.8.